The molecule has 0 aliphatic heterocycles. The molecule has 4 N–H and O–H groups in total. The number of amides is 1. The summed E-state index contributed by atoms with van der Waals surface area (Å²) in [5, 5.41) is 16.4. The van der Waals surface area contributed by atoms with Gasteiger partial charge >= 0.3 is 6.09 Å². The molecule has 0 aliphatic rings. The number of hydrazine groups is 1. The molecule has 54 valence electrons. The van der Waals surface area contributed by atoms with Crippen LogP contribution in [0.1, 0.15) is 6.92 Å². The first kappa shape index (κ1) is 8.19. The highest BCUT2D eigenvalue weighted by Gasteiger charge is 1.98. The first-order chi connectivity index (χ1) is 4.16. The lowest BCUT2D eigenvalue weighted by Crippen LogP contribution is -2.43. The lowest BCUT2D eigenvalue weighted by Gasteiger charge is -2.08. The van der Waals surface area contributed by atoms with Gasteiger partial charge in [0, 0.05) is 6.04 Å². The maximum absolute atomic E-state index is 9.76. The summed E-state index contributed by atoms with van der Waals surface area (Å²) in [6.07, 6.45) is -1.16. The van der Waals surface area contributed by atoms with Crippen molar-refractivity contribution in [1.82, 2.24) is 10.9 Å². The quantitative estimate of drug-likeness (QED) is 0.378. The number of carbonyl (C=O) groups is 1. The number of nitrogens with one attached hydrogen (secondary N) is 2. The Balaban J connectivity index is 3.16. The van der Waals surface area contributed by atoms with Crippen molar-refractivity contribution in [2.24, 2.45) is 0 Å². The fourth-order valence-electron chi connectivity index (χ4n) is 0.231. The standard InChI is InChI=1S/C4H10N2O3/c1-3(2-7)5-6-4(8)9/h3,5-7H,2H2,1H3,(H,8,9)/t3-/m0/s1. The van der Waals surface area contributed by atoms with Gasteiger partial charge in [0.15, 0.2) is 0 Å². The molecule has 0 bridgehead atoms. The van der Waals surface area contributed by atoms with Crippen LogP contribution in [0.3, 0.4) is 0 Å². The van der Waals surface area contributed by atoms with Crippen LogP contribution in [-0.2, 0) is 0 Å². The van der Waals surface area contributed by atoms with Crippen molar-refractivity contribution in [2.75, 3.05) is 6.61 Å². The molecule has 5 nitrogen and oxygen atoms in total. The SMILES string of the molecule is C[C@@H](CO)NNC(=O)O. The van der Waals surface area contributed by atoms with E-state index in [1.165, 1.54) is 0 Å². The average molecular weight is 134 g/mol. The Bertz CT molecular complexity index is 95.8. The van der Waals surface area contributed by atoms with Crippen molar-refractivity contribution in [2.45, 2.75) is 13.0 Å². The highest BCUT2D eigenvalue weighted by Crippen LogP contribution is 1.72. The molecule has 0 aromatic heterocycles. The highest BCUT2D eigenvalue weighted by atomic mass is 16.4. The summed E-state index contributed by atoms with van der Waals surface area (Å²) >= 11 is 0. The van der Waals surface area contributed by atoms with Gasteiger partial charge in [-0.25, -0.2) is 10.2 Å². The summed E-state index contributed by atoms with van der Waals surface area (Å²) in [7, 11) is 0. The third kappa shape index (κ3) is 5.05. The molecule has 5 heteroatoms. The molecule has 0 fully saturated rings. The molecule has 1 atom stereocenters. The summed E-state index contributed by atoms with van der Waals surface area (Å²) in [4.78, 5) is 9.76. The predicted molar refractivity (Wildman–Crippen MR) is 30.8 cm³/mol. The van der Waals surface area contributed by atoms with E-state index >= 15 is 0 Å². The third-order valence-electron chi connectivity index (χ3n) is 0.699. The van der Waals surface area contributed by atoms with Gasteiger partial charge in [0.05, 0.1) is 6.61 Å². The fourth-order valence-corrected chi connectivity index (χ4v) is 0.231. The molecular weight excluding hydrogens is 124 g/mol. The molecule has 9 heavy (non-hydrogen) atoms. The molecule has 0 aliphatic carbocycles. The summed E-state index contributed by atoms with van der Waals surface area (Å²) in [5.74, 6) is 0. The number of hydrogen-bond acceptors (Lipinski definition) is 3. The highest BCUT2D eigenvalue weighted by molar-refractivity contribution is 5.63. The minimum atomic E-state index is -1.16. The van der Waals surface area contributed by atoms with Gasteiger partial charge in [0.1, 0.15) is 0 Å². The van der Waals surface area contributed by atoms with Gasteiger partial charge in [0.25, 0.3) is 0 Å². The second kappa shape index (κ2) is 4.11. The number of aliphatic hydroxyl groups is 1. The van der Waals surface area contributed by atoms with Crippen molar-refractivity contribution in [1.29, 1.82) is 0 Å². The number of carboxylic acid groups (broad SMARTS) is 1. The van der Waals surface area contributed by atoms with E-state index in [1.807, 2.05) is 5.43 Å². The van der Waals surface area contributed by atoms with Gasteiger partial charge in [-0.15, -0.1) is 0 Å². The van der Waals surface area contributed by atoms with Crippen LogP contribution >= 0.6 is 0 Å². The second-order valence-corrected chi connectivity index (χ2v) is 1.66. The third-order valence-corrected chi connectivity index (χ3v) is 0.699. The molecule has 0 saturated carbocycles. The molecule has 0 unspecified atom stereocenters. The van der Waals surface area contributed by atoms with Crippen LogP contribution in [0.25, 0.3) is 0 Å². The van der Waals surface area contributed by atoms with E-state index in [2.05, 4.69) is 5.43 Å². The molecule has 0 spiro atoms. The second-order valence-electron chi connectivity index (χ2n) is 1.66. The van der Waals surface area contributed by atoms with Gasteiger partial charge in [-0.1, -0.05) is 0 Å². The minimum absolute atomic E-state index is 0.0969. The van der Waals surface area contributed by atoms with Crippen LogP contribution in [0.5, 0.6) is 0 Å². The lowest BCUT2D eigenvalue weighted by atomic mass is 10.4. The van der Waals surface area contributed by atoms with Crippen molar-refractivity contribution in [3.63, 3.8) is 0 Å². The smallest absolute Gasteiger partial charge is 0.419 e. The maximum Gasteiger partial charge on any atom is 0.419 e. The zero-order valence-corrected chi connectivity index (χ0v) is 5.09. The number of hydrogen-bond donors (Lipinski definition) is 4. The molecular formula is C4H10N2O3. The van der Waals surface area contributed by atoms with Crippen molar-refractivity contribution in [3.05, 3.63) is 0 Å². The Morgan fingerprint density at radius 3 is 2.67 bits per heavy atom. The zero-order valence-electron chi connectivity index (χ0n) is 5.09. The Kier molecular flexibility index (Phi) is 3.74. The van der Waals surface area contributed by atoms with E-state index in [1.54, 1.807) is 6.92 Å². The molecule has 0 rings (SSSR count). The van der Waals surface area contributed by atoms with Crippen LogP contribution in [0, 0.1) is 0 Å². The zero-order chi connectivity index (χ0) is 7.28. The predicted octanol–water partition coefficient (Wildman–Crippen LogP) is -0.861. The Morgan fingerprint density at radius 2 is 2.33 bits per heavy atom. The molecule has 0 aromatic rings. The van der Waals surface area contributed by atoms with Crippen LogP contribution in [0.15, 0.2) is 0 Å². The minimum Gasteiger partial charge on any atom is -0.464 e. The normalized spacial score (nSPS) is 12.7. The summed E-state index contributed by atoms with van der Waals surface area (Å²) in [6.45, 7) is 1.55. The van der Waals surface area contributed by atoms with Crippen LogP contribution in [0.4, 0.5) is 4.79 Å². The first-order valence-electron chi connectivity index (χ1n) is 2.52. The molecule has 0 saturated heterocycles. The monoisotopic (exact) mass is 134 g/mol. The first-order valence-corrected chi connectivity index (χ1v) is 2.52. The van der Waals surface area contributed by atoms with Gasteiger partial charge in [-0.05, 0) is 6.92 Å². The van der Waals surface area contributed by atoms with E-state index in [9.17, 15) is 4.79 Å². The Hall–Kier alpha value is -0.810. The maximum atomic E-state index is 9.76. The van der Waals surface area contributed by atoms with Gasteiger partial charge in [-0.2, -0.15) is 0 Å². The van der Waals surface area contributed by atoms with E-state index in [-0.39, 0.29) is 12.6 Å². The van der Waals surface area contributed by atoms with Crippen LogP contribution in [-0.4, -0.2) is 29.0 Å². The largest absolute Gasteiger partial charge is 0.464 e. The average Bonchev–Trinajstić information content (AvgIpc) is 1.83. The van der Waals surface area contributed by atoms with Crippen molar-refractivity contribution >= 4 is 6.09 Å². The van der Waals surface area contributed by atoms with E-state index in [4.69, 9.17) is 10.2 Å². The topological polar surface area (TPSA) is 81.6 Å². The molecule has 1 amide bonds. The summed E-state index contributed by atoms with van der Waals surface area (Å²) in [5.41, 5.74) is 4.24. The van der Waals surface area contributed by atoms with Crippen molar-refractivity contribution < 1.29 is 15.0 Å². The van der Waals surface area contributed by atoms with Gasteiger partial charge in [0.2, 0.25) is 0 Å². The summed E-state index contributed by atoms with van der Waals surface area (Å²) < 4.78 is 0. The van der Waals surface area contributed by atoms with Gasteiger partial charge < -0.3 is 10.2 Å². The molecule has 0 aromatic carbocycles. The Morgan fingerprint density at radius 1 is 1.78 bits per heavy atom. The van der Waals surface area contributed by atoms with E-state index < -0.39 is 6.09 Å². The Labute approximate surface area is 52.7 Å². The molecule has 0 heterocycles. The van der Waals surface area contributed by atoms with Crippen LogP contribution < -0.4 is 10.9 Å². The van der Waals surface area contributed by atoms with E-state index in [0.717, 1.165) is 0 Å². The number of rotatable bonds is 3. The lowest BCUT2D eigenvalue weighted by molar-refractivity contribution is 0.180. The van der Waals surface area contributed by atoms with Crippen LogP contribution in [0.2, 0.25) is 0 Å². The molecule has 0 radical (unpaired) electrons. The summed E-state index contributed by atoms with van der Waals surface area (Å²) in [6, 6.07) is -0.249. The number of aliphatic hydroxyl groups excluding tert-OH is 1. The van der Waals surface area contributed by atoms with Gasteiger partial charge in [-0.3, -0.25) is 5.43 Å². The van der Waals surface area contributed by atoms with E-state index in [0.29, 0.717) is 0 Å². The fraction of sp³-hybridized carbons (Fsp3) is 0.750. The van der Waals surface area contributed by atoms with Crippen molar-refractivity contribution in [3.8, 4) is 0 Å².